The first-order valence-electron chi connectivity index (χ1n) is 14.0. The Morgan fingerprint density at radius 1 is 0.929 bits per heavy atom. The third-order valence-corrected chi connectivity index (χ3v) is 7.59. The van der Waals surface area contributed by atoms with E-state index in [1.807, 2.05) is 0 Å². The molecule has 0 amide bonds. The molecule has 0 aromatic heterocycles. The van der Waals surface area contributed by atoms with Crippen LogP contribution in [-0.2, 0) is 38.1 Å². The summed E-state index contributed by atoms with van der Waals surface area (Å²) >= 11 is 0. The molecule has 4 fully saturated rings. The monoisotopic (exact) mass is 584 g/mol. The number of carbonyl (C=O) groups excluding carboxylic acids is 4. The number of aromatic hydroxyl groups is 1. The first kappa shape index (κ1) is 32.6. The van der Waals surface area contributed by atoms with Crippen LogP contribution >= 0.6 is 0 Å². The first-order valence-corrected chi connectivity index (χ1v) is 14.0. The van der Waals surface area contributed by atoms with Gasteiger partial charge in [0.1, 0.15) is 23.2 Å². The molecule has 10 heteroatoms. The van der Waals surface area contributed by atoms with Gasteiger partial charge in [-0.15, -0.1) is 0 Å². The highest BCUT2D eigenvalue weighted by molar-refractivity contribution is 5.89. The Morgan fingerprint density at radius 3 is 2.02 bits per heavy atom. The van der Waals surface area contributed by atoms with Gasteiger partial charge in [-0.1, -0.05) is 26.7 Å². The maximum absolute atomic E-state index is 11.4. The fourth-order valence-electron chi connectivity index (χ4n) is 5.15. The minimum absolute atomic E-state index is 0.134. The van der Waals surface area contributed by atoms with Crippen molar-refractivity contribution in [1.29, 1.82) is 0 Å². The summed E-state index contributed by atoms with van der Waals surface area (Å²) in [6, 6.07) is 5.91. The van der Waals surface area contributed by atoms with Gasteiger partial charge in [-0.25, -0.2) is 14.4 Å². The first-order chi connectivity index (χ1) is 19.8. The standard InChI is InChI=1S/C11H12O5.C11H18O2.C10H10O3/c1-4(2)10(12)15-8-6-3-5-7(14-6)9(8)16-11(5)13;1-4-11(7-5-6-8-11)13-10(12)9(2)3;1-7(2)10(12)13-9-5-3-8(11)4-6-9/h5-9H,1,3H2,2H3;2,4-8H2,1,3H3;3-6,11H,1H2,2H3. The van der Waals surface area contributed by atoms with E-state index in [1.165, 1.54) is 37.1 Å². The van der Waals surface area contributed by atoms with Crippen LogP contribution in [0.5, 0.6) is 11.5 Å². The van der Waals surface area contributed by atoms with Gasteiger partial charge in [0.25, 0.3) is 0 Å². The van der Waals surface area contributed by atoms with Crippen LogP contribution < -0.4 is 4.74 Å². The molecule has 5 rings (SSSR count). The molecule has 1 aromatic rings. The number of esters is 4. The molecule has 1 aromatic carbocycles. The van der Waals surface area contributed by atoms with E-state index in [-0.39, 0.29) is 41.4 Å². The Morgan fingerprint density at radius 2 is 1.50 bits per heavy atom. The summed E-state index contributed by atoms with van der Waals surface area (Å²) < 4.78 is 26.3. The molecule has 5 unspecified atom stereocenters. The van der Waals surface area contributed by atoms with E-state index in [2.05, 4.69) is 26.7 Å². The molecule has 2 bridgehead atoms. The average Bonchev–Trinajstić information content (AvgIpc) is 3.70. The van der Waals surface area contributed by atoms with Gasteiger partial charge >= 0.3 is 23.9 Å². The average molecular weight is 585 g/mol. The fraction of sp³-hybridized carbons (Fsp3) is 0.500. The molecule has 1 aliphatic carbocycles. The second-order valence-electron chi connectivity index (χ2n) is 11.1. The zero-order valence-corrected chi connectivity index (χ0v) is 24.7. The molecule has 228 valence electrons. The Labute approximate surface area is 246 Å². The largest absolute Gasteiger partial charge is 0.508 e. The van der Waals surface area contributed by atoms with Gasteiger partial charge in [0, 0.05) is 16.7 Å². The number of phenolic OH excluding ortho intramolecular Hbond substituents is 1. The third kappa shape index (κ3) is 7.88. The summed E-state index contributed by atoms with van der Waals surface area (Å²) in [5.74, 6) is -1.02. The number of phenols is 1. The zero-order valence-electron chi connectivity index (χ0n) is 24.7. The van der Waals surface area contributed by atoms with Crippen molar-refractivity contribution in [2.45, 2.75) is 96.2 Å². The van der Waals surface area contributed by atoms with E-state index in [0.717, 1.165) is 19.3 Å². The van der Waals surface area contributed by atoms with E-state index in [1.54, 1.807) is 20.8 Å². The van der Waals surface area contributed by atoms with E-state index >= 15 is 0 Å². The number of rotatable bonds is 7. The molecule has 0 radical (unpaired) electrons. The summed E-state index contributed by atoms with van der Waals surface area (Å²) in [5.41, 5.74) is 1.01. The van der Waals surface area contributed by atoms with Gasteiger partial charge in [-0.05, 0) is 83.6 Å². The second kappa shape index (κ2) is 13.8. The van der Waals surface area contributed by atoms with Crippen molar-refractivity contribution in [2.75, 3.05) is 0 Å². The third-order valence-electron chi connectivity index (χ3n) is 7.59. The molecule has 1 N–H and O–H groups in total. The van der Waals surface area contributed by atoms with Gasteiger partial charge in [0.2, 0.25) is 0 Å². The van der Waals surface area contributed by atoms with Crippen LogP contribution in [-0.4, -0.2) is 59.0 Å². The molecule has 10 nitrogen and oxygen atoms in total. The van der Waals surface area contributed by atoms with Gasteiger partial charge in [0.05, 0.1) is 12.0 Å². The fourth-order valence-corrected chi connectivity index (χ4v) is 5.15. The minimum atomic E-state index is -0.467. The van der Waals surface area contributed by atoms with Crippen molar-refractivity contribution in [3.8, 4) is 11.5 Å². The number of benzene rings is 1. The Hall–Kier alpha value is -3.92. The minimum Gasteiger partial charge on any atom is -0.508 e. The lowest BCUT2D eigenvalue weighted by Gasteiger charge is -2.27. The number of hydrogen-bond donors (Lipinski definition) is 1. The van der Waals surface area contributed by atoms with Crippen LogP contribution in [0.3, 0.4) is 0 Å². The smallest absolute Gasteiger partial charge is 0.338 e. The summed E-state index contributed by atoms with van der Waals surface area (Å²) in [6.45, 7) is 17.5. The Kier molecular flexibility index (Phi) is 10.7. The van der Waals surface area contributed by atoms with Crippen molar-refractivity contribution in [3.05, 3.63) is 60.7 Å². The molecule has 0 spiro atoms. The van der Waals surface area contributed by atoms with Crippen molar-refractivity contribution < 1.29 is 48.0 Å². The van der Waals surface area contributed by atoms with Crippen LogP contribution in [0.15, 0.2) is 60.7 Å². The molecular weight excluding hydrogens is 544 g/mol. The highest BCUT2D eigenvalue weighted by Gasteiger charge is 2.65. The lowest BCUT2D eigenvalue weighted by Crippen LogP contribution is -2.40. The highest BCUT2D eigenvalue weighted by Crippen LogP contribution is 2.47. The van der Waals surface area contributed by atoms with Crippen molar-refractivity contribution in [2.24, 2.45) is 5.92 Å². The molecule has 5 atom stereocenters. The lowest BCUT2D eigenvalue weighted by atomic mass is 9.88. The summed E-state index contributed by atoms with van der Waals surface area (Å²) in [7, 11) is 0. The molecular formula is C32H40O10. The molecule has 3 aliphatic heterocycles. The predicted octanol–water partition coefficient (Wildman–Crippen LogP) is 4.89. The van der Waals surface area contributed by atoms with Crippen LogP contribution in [0.25, 0.3) is 0 Å². The SMILES string of the molecule is C=C(C)C(=O)OC1(CC)CCCC1.C=C(C)C(=O)OC1C2CC3C(=O)OC1C3O2.C=C(C)C(=O)Oc1ccc(O)cc1. The number of hydrogen-bond acceptors (Lipinski definition) is 10. The number of ether oxygens (including phenoxy) is 5. The second-order valence-corrected chi connectivity index (χ2v) is 11.1. The summed E-state index contributed by atoms with van der Waals surface area (Å²) in [4.78, 5) is 45.2. The summed E-state index contributed by atoms with van der Waals surface area (Å²) in [6.07, 6.45) is 4.60. The molecule has 42 heavy (non-hydrogen) atoms. The topological polar surface area (TPSA) is 135 Å². The Balaban J connectivity index is 0.000000175. The lowest BCUT2D eigenvalue weighted by molar-refractivity contribution is -0.157. The van der Waals surface area contributed by atoms with E-state index in [0.29, 0.717) is 28.9 Å². The molecule has 4 aliphatic rings. The number of fused-ring (bicyclic) bond motifs is 1. The molecule has 3 saturated heterocycles. The molecule has 1 saturated carbocycles. The van der Waals surface area contributed by atoms with E-state index in [9.17, 15) is 19.2 Å². The molecule has 3 heterocycles. The van der Waals surface area contributed by atoms with Crippen molar-refractivity contribution in [1.82, 2.24) is 0 Å². The van der Waals surface area contributed by atoms with Gasteiger partial charge < -0.3 is 28.8 Å². The van der Waals surface area contributed by atoms with Gasteiger partial charge in [-0.3, -0.25) is 4.79 Å². The normalized spacial score (nSPS) is 25.5. The van der Waals surface area contributed by atoms with Crippen molar-refractivity contribution in [3.63, 3.8) is 0 Å². The number of carbonyl (C=O) groups is 4. The van der Waals surface area contributed by atoms with Crippen LogP contribution in [0.4, 0.5) is 0 Å². The van der Waals surface area contributed by atoms with Crippen LogP contribution in [0.1, 0.15) is 66.2 Å². The highest BCUT2D eigenvalue weighted by atomic mass is 16.7. The van der Waals surface area contributed by atoms with Crippen LogP contribution in [0.2, 0.25) is 0 Å². The van der Waals surface area contributed by atoms with Crippen LogP contribution in [0, 0.1) is 5.92 Å². The van der Waals surface area contributed by atoms with Gasteiger partial charge in [0.15, 0.2) is 12.2 Å². The summed E-state index contributed by atoms with van der Waals surface area (Å²) in [5, 5.41) is 8.94. The van der Waals surface area contributed by atoms with Crippen molar-refractivity contribution >= 4 is 23.9 Å². The maximum Gasteiger partial charge on any atom is 0.338 e. The Bertz CT molecular complexity index is 1220. The maximum atomic E-state index is 11.4. The predicted molar refractivity (Wildman–Crippen MR) is 152 cm³/mol. The quantitative estimate of drug-likeness (QED) is 0.204. The van der Waals surface area contributed by atoms with Gasteiger partial charge in [-0.2, -0.15) is 0 Å². The van der Waals surface area contributed by atoms with E-state index in [4.69, 9.17) is 28.8 Å². The van der Waals surface area contributed by atoms with E-state index < -0.39 is 24.1 Å². The zero-order chi connectivity index (χ0) is 31.2.